The Balaban J connectivity index is 1.40. The number of halogens is 2. The van der Waals surface area contributed by atoms with Crippen molar-refractivity contribution in [2.75, 3.05) is 19.7 Å². The number of piperidine rings is 1. The van der Waals surface area contributed by atoms with E-state index in [0.29, 0.717) is 38.1 Å². The minimum atomic E-state index is -1.11. The fourth-order valence-electron chi connectivity index (χ4n) is 4.41. The van der Waals surface area contributed by atoms with Crippen LogP contribution in [0.3, 0.4) is 0 Å². The lowest BCUT2D eigenvalue weighted by molar-refractivity contribution is 0.0436. The lowest BCUT2D eigenvalue weighted by atomic mass is 10.00. The third-order valence-electron chi connectivity index (χ3n) is 6.48. The molecular formula is C27H35F2N3O2. The molecule has 2 amide bonds. The fraction of sp³-hybridized carbons (Fsp3) is 0.519. The number of hydrogen-bond donors (Lipinski definition) is 1. The quantitative estimate of drug-likeness (QED) is 0.550. The van der Waals surface area contributed by atoms with Gasteiger partial charge in [0.25, 0.3) is 0 Å². The van der Waals surface area contributed by atoms with Crippen LogP contribution in [-0.4, -0.2) is 53.8 Å². The molecule has 4 rings (SSSR count). The summed E-state index contributed by atoms with van der Waals surface area (Å²) in [5, 5.41) is 2.96. The molecule has 1 aliphatic carbocycles. The summed E-state index contributed by atoms with van der Waals surface area (Å²) in [5.74, 6) is 0.910. The Morgan fingerprint density at radius 2 is 1.76 bits per heavy atom. The van der Waals surface area contributed by atoms with Crippen LogP contribution in [0, 0.1) is 11.7 Å². The molecule has 7 heteroatoms. The third kappa shape index (κ3) is 6.69. The standard InChI is InChI=1S/C27H35F2N3O2/c1-19(2)18-34-24-11-5-20(6-12-24)15-30-27(33)32(16-21-3-7-22(28)8-4-21)26-13-14-31(17-25(26)29)23-9-10-23/h3-8,11-12,19,23,25-26H,9-10,13-18H2,1-2H3,(H,30,33)/t25-,26+/m0/s1. The summed E-state index contributed by atoms with van der Waals surface area (Å²) in [5.41, 5.74) is 1.72. The molecule has 0 unspecified atom stereocenters. The zero-order chi connectivity index (χ0) is 24.1. The van der Waals surface area contributed by atoms with Crippen molar-refractivity contribution >= 4 is 6.03 Å². The number of nitrogens with one attached hydrogen (secondary N) is 1. The van der Waals surface area contributed by atoms with E-state index >= 15 is 4.39 Å². The van der Waals surface area contributed by atoms with Crippen molar-refractivity contribution in [1.29, 1.82) is 0 Å². The Bertz CT molecular complexity index is 932. The zero-order valence-electron chi connectivity index (χ0n) is 20.1. The summed E-state index contributed by atoms with van der Waals surface area (Å²) < 4.78 is 34.4. The maximum atomic E-state index is 15.3. The number of rotatable bonds is 9. The summed E-state index contributed by atoms with van der Waals surface area (Å²) in [6.07, 6.45) is 1.75. The van der Waals surface area contributed by atoms with E-state index in [4.69, 9.17) is 4.74 Å². The van der Waals surface area contributed by atoms with E-state index in [0.717, 1.165) is 36.3 Å². The van der Waals surface area contributed by atoms with Gasteiger partial charge < -0.3 is 15.0 Å². The molecule has 2 fully saturated rings. The van der Waals surface area contributed by atoms with Gasteiger partial charge in [0.15, 0.2) is 0 Å². The molecule has 0 bridgehead atoms. The summed E-state index contributed by atoms with van der Waals surface area (Å²) in [7, 11) is 0. The Labute approximate surface area is 201 Å². The van der Waals surface area contributed by atoms with Crippen molar-refractivity contribution in [2.45, 2.75) is 64.5 Å². The highest BCUT2D eigenvalue weighted by molar-refractivity contribution is 5.74. The molecule has 2 aromatic rings. The maximum Gasteiger partial charge on any atom is 0.318 e. The molecule has 34 heavy (non-hydrogen) atoms. The number of benzene rings is 2. The number of ether oxygens (including phenoxy) is 1. The largest absolute Gasteiger partial charge is 0.493 e. The summed E-state index contributed by atoms with van der Waals surface area (Å²) in [6, 6.07) is 13.4. The van der Waals surface area contributed by atoms with E-state index in [1.807, 2.05) is 24.3 Å². The maximum absolute atomic E-state index is 15.3. The molecule has 1 aliphatic heterocycles. The average molecular weight is 472 g/mol. The number of urea groups is 1. The van der Waals surface area contributed by atoms with Gasteiger partial charge in [0.05, 0.1) is 12.6 Å². The van der Waals surface area contributed by atoms with Crippen molar-refractivity contribution < 1.29 is 18.3 Å². The number of carbonyl (C=O) groups is 1. The Morgan fingerprint density at radius 1 is 1.09 bits per heavy atom. The van der Waals surface area contributed by atoms with E-state index in [1.54, 1.807) is 17.0 Å². The van der Waals surface area contributed by atoms with Crippen LogP contribution in [0.15, 0.2) is 48.5 Å². The van der Waals surface area contributed by atoms with Gasteiger partial charge in [-0.05, 0) is 60.6 Å². The lowest BCUT2D eigenvalue weighted by Gasteiger charge is -2.41. The van der Waals surface area contributed by atoms with Crippen LogP contribution in [0.1, 0.15) is 44.2 Å². The monoisotopic (exact) mass is 471 g/mol. The van der Waals surface area contributed by atoms with Crippen LogP contribution in [0.4, 0.5) is 13.6 Å². The molecule has 184 valence electrons. The summed E-state index contributed by atoms with van der Waals surface area (Å²) in [4.78, 5) is 17.0. The molecule has 0 spiro atoms. The normalized spacial score (nSPS) is 20.9. The minimum absolute atomic E-state index is 0.239. The van der Waals surface area contributed by atoms with E-state index in [2.05, 4.69) is 24.1 Å². The number of alkyl halides is 1. The predicted molar refractivity (Wildman–Crippen MR) is 129 cm³/mol. The Hall–Kier alpha value is -2.67. The highest BCUT2D eigenvalue weighted by Gasteiger charge is 2.40. The smallest absolute Gasteiger partial charge is 0.318 e. The highest BCUT2D eigenvalue weighted by atomic mass is 19.1. The molecule has 1 heterocycles. The number of nitrogens with zero attached hydrogens (tertiary/aromatic N) is 2. The number of likely N-dealkylation sites (tertiary alicyclic amines) is 1. The Kier molecular flexibility index (Phi) is 8.03. The first-order valence-corrected chi connectivity index (χ1v) is 12.3. The molecule has 0 aromatic heterocycles. The molecule has 2 aromatic carbocycles. The van der Waals surface area contributed by atoms with E-state index in [9.17, 15) is 9.18 Å². The molecule has 1 N–H and O–H groups in total. The van der Waals surface area contributed by atoms with Crippen molar-refractivity contribution in [2.24, 2.45) is 5.92 Å². The fourth-order valence-corrected chi connectivity index (χ4v) is 4.41. The second-order valence-corrected chi connectivity index (χ2v) is 9.86. The molecule has 2 aliphatic rings. The summed E-state index contributed by atoms with van der Waals surface area (Å²) >= 11 is 0. The minimum Gasteiger partial charge on any atom is -0.493 e. The summed E-state index contributed by atoms with van der Waals surface area (Å²) in [6.45, 7) is 6.57. The molecule has 0 radical (unpaired) electrons. The van der Waals surface area contributed by atoms with Gasteiger partial charge in [-0.1, -0.05) is 38.1 Å². The van der Waals surface area contributed by atoms with Crippen LogP contribution in [0.2, 0.25) is 0 Å². The van der Waals surface area contributed by atoms with E-state index in [1.165, 1.54) is 12.1 Å². The third-order valence-corrected chi connectivity index (χ3v) is 6.48. The lowest BCUT2D eigenvalue weighted by Crippen LogP contribution is -2.56. The number of carbonyl (C=O) groups excluding carboxylic acids is 1. The van der Waals surface area contributed by atoms with Gasteiger partial charge in [-0.2, -0.15) is 0 Å². The molecular weight excluding hydrogens is 436 g/mol. The van der Waals surface area contributed by atoms with Crippen LogP contribution < -0.4 is 10.1 Å². The van der Waals surface area contributed by atoms with Crippen LogP contribution >= 0.6 is 0 Å². The highest BCUT2D eigenvalue weighted by Crippen LogP contribution is 2.32. The van der Waals surface area contributed by atoms with Gasteiger partial charge in [-0.25, -0.2) is 13.6 Å². The first kappa shape index (κ1) is 24.5. The van der Waals surface area contributed by atoms with Gasteiger partial charge in [0.2, 0.25) is 0 Å². The van der Waals surface area contributed by atoms with Crippen molar-refractivity contribution in [3.05, 3.63) is 65.5 Å². The molecule has 2 atom stereocenters. The van der Waals surface area contributed by atoms with Gasteiger partial charge in [-0.3, -0.25) is 4.90 Å². The SMILES string of the molecule is CC(C)COc1ccc(CNC(=O)N(Cc2ccc(F)cc2)[C@@H]2CCN(C3CC3)C[C@@H]2F)cc1. The van der Waals surface area contributed by atoms with Crippen molar-refractivity contribution in [3.63, 3.8) is 0 Å². The first-order valence-electron chi connectivity index (χ1n) is 12.3. The van der Waals surface area contributed by atoms with Gasteiger partial charge in [0.1, 0.15) is 17.7 Å². The zero-order valence-corrected chi connectivity index (χ0v) is 20.1. The van der Waals surface area contributed by atoms with Crippen molar-refractivity contribution in [3.8, 4) is 5.75 Å². The van der Waals surface area contributed by atoms with Crippen LogP contribution in [-0.2, 0) is 13.1 Å². The van der Waals surface area contributed by atoms with E-state index in [-0.39, 0.29) is 18.4 Å². The average Bonchev–Trinajstić information content (AvgIpc) is 3.67. The van der Waals surface area contributed by atoms with Crippen molar-refractivity contribution in [1.82, 2.24) is 15.1 Å². The first-order chi connectivity index (χ1) is 16.4. The predicted octanol–water partition coefficient (Wildman–Crippen LogP) is 5.15. The second kappa shape index (κ2) is 11.2. The van der Waals surface area contributed by atoms with Gasteiger partial charge in [0, 0.05) is 32.2 Å². The number of hydrogen-bond acceptors (Lipinski definition) is 3. The number of amides is 2. The van der Waals surface area contributed by atoms with Gasteiger partial charge in [-0.15, -0.1) is 0 Å². The van der Waals surface area contributed by atoms with Gasteiger partial charge >= 0.3 is 6.03 Å². The van der Waals surface area contributed by atoms with Crippen LogP contribution in [0.25, 0.3) is 0 Å². The molecule has 1 saturated carbocycles. The topological polar surface area (TPSA) is 44.8 Å². The van der Waals surface area contributed by atoms with Crippen LogP contribution in [0.5, 0.6) is 5.75 Å². The molecule has 1 saturated heterocycles. The Morgan fingerprint density at radius 3 is 2.38 bits per heavy atom. The molecule has 5 nitrogen and oxygen atoms in total. The van der Waals surface area contributed by atoms with E-state index < -0.39 is 12.2 Å². The second-order valence-electron chi connectivity index (χ2n) is 9.86.